The molecule has 9 nitrogen and oxygen atoms in total. The molecule has 3 heterocycles. The lowest BCUT2D eigenvalue weighted by Gasteiger charge is -2.13. The number of ether oxygens (including phenoxy) is 2. The highest BCUT2D eigenvalue weighted by Gasteiger charge is 2.29. The Bertz CT molecular complexity index is 1500. The molecular weight excluding hydrogens is 434 g/mol. The van der Waals surface area contributed by atoms with Crippen molar-refractivity contribution in [1.29, 1.82) is 0 Å². The molecule has 0 saturated heterocycles. The third-order valence-corrected chi connectivity index (χ3v) is 5.64. The van der Waals surface area contributed by atoms with Gasteiger partial charge in [0.2, 0.25) is 5.88 Å². The summed E-state index contributed by atoms with van der Waals surface area (Å²) in [6.07, 6.45) is 0. The maximum Gasteiger partial charge on any atom is 0.351 e. The van der Waals surface area contributed by atoms with Gasteiger partial charge in [0.15, 0.2) is 17.1 Å². The Morgan fingerprint density at radius 3 is 2.66 bits per heavy atom. The summed E-state index contributed by atoms with van der Waals surface area (Å²) in [6, 6.07) is 10.4. The number of benzene rings is 2. The number of anilines is 1. The summed E-state index contributed by atoms with van der Waals surface area (Å²) >= 11 is 1.42. The van der Waals surface area contributed by atoms with E-state index in [1.807, 2.05) is 11.4 Å². The first-order chi connectivity index (χ1) is 15.5. The fourth-order valence-corrected chi connectivity index (χ4v) is 4.25. The summed E-state index contributed by atoms with van der Waals surface area (Å²) in [5.41, 5.74) is 13.2. The number of para-hydroxylation sites is 1. The van der Waals surface area contributed by atoms with Crippen LogP contribution in [-0.4, -0.2) is 24.1 Å². The number of hydrogen-bond acceptors (Lipinski definition) is 9. The standard InChI is InChI=1S/C22H15N3O6S/c1-28-19-14(30-22(27)17-18(25-31-21(17)24)10-6-7-32-9-10)8-13-15(16(19)20(23)26)11-4-2-3-5-12(11)29-13/h2-9H,24H2,1H3,(H2,23,26). The van der Waals surface area contributed by atoms with Crippen LogP contribution < -0.4 is 20.9 Å². The van der Waals surface area contributed by atoms with Gasteiger partial charge in [-0.15, -0.1) is 0 Å². The molecule has 160 valence electrons. The van der Waals surface area contributed by atoms with Gasteiger partial charge in [0.05, 0.1) is 12.7 Å². The van der Waals surface area contributed by atoms with Crippen molar-refractivity contribution in [2.45, 2.75) is 0 Å². The minimum atomic E-state index is -0.839. The number of primary amides is 1. The number of carbonyl (C=O) groups is 2. The minimum absolute atomic E-state index is 0.00277. The van der Waals surface area contributed by atoms with Crippen LogP contribution in [0.2, 0.25) is 0 Å². The van der Waals surface area contributed by atoms with E-state index in [1.54, 1.807) is 29.6 Å². The molecule has 0 aliphatic carbocycles. The number of amides is 1. The number of nitrogens with zero attached hydrogens (tertiary/aromatic N) is 1. The van der Waals surface area contributed by atoms with Crippen LogP contribution in [0.3, 0.4) is 0 Å². The van der Waals surface area contributed by atoms with E-state index < -0.39 is 11.9 Å². The molecule has 0 radical (unpaired) electrons. The smallest absolute Gasteiger partial charge is 0.351 e. The highest BCUT2D eigenvalue weighted by molar-refractivity contribution is 7.08. The van der Waals surface area contributed by atoms with Crippen LogP contribution in [0.4, 0.5) is 5.88 Å². The molecular formula is C22H15N3O6S. The van der Waals surface area contributed by atoms with Gasteiger partial charge in [0.25, 0.3) is 5.91 Å². The van der Waals surface area contributed by atoms with Crippen LogP contribution >= 0.6 is 11.3 Å². The van der Waals surface area contributed by atoms with Crippen LogP contribution in [-0.2, 0) is 0 Å². The molecule has 32 heavy (non-hydrogen) atoms. The van der Waals surface area contributed by atoms with Crippen molar-refractivity contribution in [2.24, 2.45) is 5.73 Å². The second kappa shape index (κ2) is 7.43. The Balaban J connectivity index is 1.67. The van der Waals surface area contributed by atoms with Gasteiger partial charge in [-0.2, -0.15) is 11.3 Å². The lowest BCUT2D eigenvalue weighted by molar-refractivity contribution is 0.0729. The number of nitrogen functional groups attached to an aromatic ring is 1. The van der Waals surface area contributed by atoms with E-state index in [0.29, 0.717) is 27.5 Å². The summed E-state index contributed by atoms with van der Waals surface area (Å²) in [4.78, 5) is 25.5. The maximum atomic E-state index is 13.1. The topological polar surface area (TPSA) is 144 Å². The molecule has 4 N–H and O–H groups in total. The average Bonchev–Trinajstić information content (AvgIpc) is 3.50. The molecule has 5 aromatic rings. The van der Waals surface area contributed by atoms with E-state index in [9.17, 15) is 9.59 Å². The summed E-state index contributed by atoms with van der Waals surface area (Å²) in [5.74, 6) is -1.87. The van der Waals surface area contributed by atoms with Gasteiger partial charge in [-0.3, -0.25) is 4.79 Å². The number of aromatic nitrogens is 1. The molecule has 0 bridgehead atoms. The highest BCUT2D eigenvalue weighted by Crippen LogP contribution is 2.42. The number of hydrogen-bond donors (Lipinski definition) is 2. The molecule has 0 spiro atoms. The molecule has 1 amide bonds. The Kier molecular flexibility index (Phi) is 4.56. The summed E-state index contributed by atoms with van der Waals surface area (Å²) in [7, 11) is 1.35. The van der Waals surface area contributed by atoms with Crippen LogP contribution in [0.1, 0.15) is 20.7 Å². The Morgan fingerprint density at radius 1 is 1.12 bits per heavy atom. The molecule has 3 aromatic heterocycles. The van der Waals surface area contributed by atoms with Crippen LogP contribution in [0.15, 0.2) is 56.1 Å². The van der Waals surface area contributed by atoms with Gasteiger partial charge in [-0.25, -0.2) is 4.79 Å². The maximum absolute atomic E-state index is 13.1. The molecule has 0 aliphatic rings. The van der Waals surface area contributed by atoms with E-state index >= 15 is 0 Å². The second-order valence-electron chi connectivity index (χ2n) is 6.79. The molecule has 0 fully saturated rings. The van der Waals surface area contributed by atoms with Gasteiger partial charge in [-0.1, -0.05) is 23.4 Å². The van der Waals surface area contributed by atoms with E-state index in [2.05, 4.69) is 5.16 Å². The number of rotatable bonds is 5. The first kappa shape index (κ1) is 19.6. The monoisotopic (exact) mass is 449 g/mol. The van der Waals surface area contributed by atoms with Gasteiger partial charge in [-0.05, 0) is 17.5 Å². The summed E-state index contributed by atoms with van der Waals surface area (Å²) in [6.45, 7) is 0. The predicted octanol–water partition coefficient (Wildman–Crippen LogP) is 4.21. The third kappa shape index (κ3) is 2.96. The molecule has 10 heteroatoms. The zero-order valence-corrected chi connectivity index (χ0v) is 17.4. The quantitative estimate of drug-likeness (QED) is 0.300. The van der Waals surface area contributed by atoms with Crippen molar-refractivity contribution < 1.29 is 28.0 Å². The van der Waals surface area contributed by atoms with Crippen molar-refractivity contribution in [2.75, 3.05) is 12.8 Å². The van der Waals surface area contributed by atoms with E-state index in [1.165, 1.54) is 24.5 Å². The molecule has 0 unspecified atom stereocenters. The Labute approximate surface area is 184 Å². The lowest BCUT2D eigenvalue weighted by Crippen LogP contribution is -2.16. The van der Waals surface area contributed by atoms with Crippen molar-refractivity contribution in [3.63, 3.8) is 0 Å². The Morgan fingerprint density at radius 2 is 1.94 bits per heavy atom. The molecule has 0 atom stereocenters. The number of nitrogens with two attached hydrogens (primary N) is 2. The van der Waals surface area contributed by atoms with Gasteiger partial charge >= 0.3 is 5.97 Å². The van der Waals surface area contributed by atoms with Crippen LogP contribution in [0.25, 0.3) is 33.2 Å². The SMILES string of the molecule is COc1c(OC(=O)c2c(-c3ccsc3)noc2N)cc2oc3ccccc3c2c1C(N)=O. The fourth-order valence-electron chi connectivity index (χ4n) is 3.61. The number of furan rings is 1. The van der Waals surface area contributed by atoms with E-state index in [-0.39, 0.29) is 34.2 Å². The van der Waals surface area contributed by atoms with Gasteiger partial charge < -0.3 is 29.9 Å². The molecule has 5 rings (SSSR count). The summed E-state index contributed by atoms with van der Waals surface area (Å²) < 4.78 is 21.9. The van der Waals surface area contributed by atoms with Gasteiger partial charge in [0, 0.05) is 27.8 Å². The fraction of sp³-hybridized carbons (Fsp3) is 0.0455. The zero-order chi connectivity index (χ0) is 22.4. The average molecular weight is 449 g/mol. The number of fused-ring (bicyclic) bond motifs is 3. The number of thiophene rings is 1. The Hall–Kier alpha value is -4.31. The van der Waals surface area contributed by atoms with Crippen molar-refractivity contribution in [3.05, 3.63) is 58.3 Å². The van der Waals surface area contributed by atoms with Crippen molar-refractivity contribution >= 4 is 51.0 Å². The normalized spacial score (nSPS) is 11.2. The molecule has 0 aliphatic heterocycles. The number of esters is 1. The van der Waals surface area contributed by atoms with Crippen LogP contribution in [0, 0.1) is 0 Å². The van der Waals surface area contributed by atoms with Gasteiger partial charge in [0.1, 0.15) is 16.9 Å². The predicted molar refractivity (Wildman–Crippen MR) is 118 cm³/mol. The zero-order valence-electron chi connectivity index (χ0n) is 16.6. The first-order valence-electron chi connectivity index (χ1n) is 9.31. The van der Waals surface area contributed by atoms with Crippen molar-refractivity contribution in [1.82, 2.24) is 5.16 Å². The number of carbonyl (C=O) groups excluding carboxylic acids is 2. The largest absolute Gasteiger partial charge is 0.492 e. The molecule has 0 saturated carbocycles. The van der Waals surface area contributed by atoms with Crippen LogP contribution in [0.5, 0.6) is 11.5 Å². The lowest BCUT2D eigenvalue weighted by atomic mass is 10.0. The number of methoxy groups -OCH3 is 1. The third-order valence-electron chi connectivity index (χ3n) is 4.96. The van der Waals surface area contributed by atoms with Crippen molar-refractivity contribution in [3.8, 4) is 22.8 Å². The molecule has 2 aromatic carbocycles. The first-order valence-corrected chi connectivity index (χ1v) is 10.3. The minimum Gasteiger partial charge on any atom is -0.492 e. The summed E-state index contributed by atoms with van der Waals surface area (Å²) in [5, 5.41) is 8.63. The second-order valence-corrected chi connectivity index (χ2v) is 7.57. The van der Waals surface area contributed by atoms with E-state index in [0.717, 1.165) is 0 Å². The highest BCUT2D eigenvalue weighted by atomic mass is 32.1. The van der Waals surface area contributed by atoms with E-state index in [4.69, 9.17) is 29.9 Å².